The lowest BCUT2D eigenvalue weighted by Gasteiger charge is -2.40. The first-order valence-electron chi connectivity index (χ1n) is 20.4. The Morgan fingerprint density at radius 1 is 0.930 bits per heavy atom. The van der Waals surface area contributed by atoms with E-state index in [1.54, 1.807) is 6.07 Å². The van der Waals surface area contributed by atoms with Crippen LogP contribution in [0, 0.1) is 11.8 Å². The van der Waals surface area contributed by atoms with Crippen LogP contribution in [0.4, 0.5) is 16.2 Å². The van der Waals surface area contributed by atoms with Crippen LogP contribution in [-0.2, 0) is 26.8 Å². The summed E-state index contributed by atoms with van der Waals surface area (Å²) in [4.78, 5) is 27.5. The summed E-state index contributed by atoms with van der Waals surface area (Å²) in [5.41, 5.74) is 6.54. The van der Waals surface area contributed by atoms with Crippen molar-refractivity contribution in [2.45, 2.75) is 76.8 Å². The van der Waals surface area contributed by atoms with Crippen LogP contribution in [0.5, 0.6) is 11.5 Å². The van der Waals surface area contributed by atoms with Gasteiger partial charge in [0.25, 0.3) is 5.91 Å². The molecule has 10 nitrogen and oxygen atoms in total. The third-order valence-corrected chi connectivity index (χ3v) is 16.8. The van der Waals surface area contributed by atoms with Crippen LogP contribution in [0.15, 0.2) is 91.0 Å². The first kappa shape index (κ1) is 40.5. The molecule has 3 aliphatic rings. The normalized spacial score (nSPS) is 19.9. The molecule has 1 saturated heterocycles. The molecule has 2 aliphatic heterocycles. The van der Waals surface area contributed by atoms with Crippen molar-refractivity contribution in [1.82, 2.24) is 10.2 Å². The minimum Gasteiger partial charge on any atom is -0.506 e. The smallest absolute Gasteiger partial charge is 0.411 e. The molecule has 0 radical (unpaired) electrons. The highest BCUT2D eigenvalue weighted by molar-refractivity contribution is 6.74. The Morgan fingerprint density at radius 3 is 2.30 bits per heavy atom. The average Bonchev–Trinajstić information content (AvgIpc) is 3.74. The van der Waals surface area contributed by atoms with E-state index in [0.29, 0.717) is 29.8 Å². The summed E-state index contributed by atoms with van der Waals surface area (Å²) in [5.74, 6) is 1.30. The number of rotatable bonds is 14. The molecule has 4 atom stereocenters. The van der Waals surface area contributed by atoms with Gasteiger partial charge in [0.15, 0.2) is 20.7 Å². The average molecular weight is 791 g/mol. The van der Waals surface area contributed by atoms with Crippen LogP contribution < -0.4 is 20.7 Å². The van der Waals surface area contributed by atoms with E-state index in [4.69, 9.17) is 13.9 Å². The van der Waals surface area contributed by atoms with E-state index >= 15 is 0 Å². The minimum absolute atomic E-state index is 0.00167. The fourth-order valence-corrected chi connectivity index (χ4v) is 9.45. The predicted molar refractivity (Wildman–Crippen MR) is 228 cm³/mol. The number of ether oxygens (including phenoxy) is 2. The van der Waals surface area contributed by atoms with Gasteiger partial charge in [0.2, 0.25) is 0 Å². The van der Waals surface area contributed by atoms with Crippen LogP contribution >= 0.6 is 0 Å². The molecule has 1 aliphatic carbocycles. The molecule has 57 heavy (non-hydrogen) atoms. The molecule has 0 spiro atoms. The number of benzene rings is 4. The van der Waals surface area contributed by atoms with Crippen molar-refractivity contribution >= 4 is 31.7 Å². The second kappa shape index (κ2) is 17.4. The van der Waals surface area contributed by atoms with E-state index in [-0.39, 0.29) is 41.6 Å². The van der Waals surface area contributed by atoms with Gasteiger partial charge in [-0.2, -0.15) is 0 Å². The Hall–Kier alpha value is -4.68. The summed E-state index contributed by atoms with van der Waals surface area (Å²) >= 11 is 0. The molecule has 4 aromatic carbocycles. The molecule has 11 heteroatoms. The molecule has 4 N–H and O–H groups in total. The second-order valence-corrected chi connectivity index (χ2v) is 22.2. The van der Waals surface area contributed by atoms with E-state index in [2.05, 4.69) is 79.0 Å². The summed E-state index contributed by atoms with van der Waals surface area (Å²) in [7, 11) is -2.18. The molecule has 302 valence electrons. The van der Waals surface area contributed by atoms with Gasteiger partial charge in [-0.15, -0.1) is 0 Å². The third kappa shape index (κ3) is 9.89. The van der Waals surface area contributed by atoms with Crippen molar-refractivity contribution in [2.75, 3.05) is 50.0 Å². The number of para-hydroxylation sites is 1. The molecule has 0 bridgehead atoms. The molecule has 0 unspecified atom stereocenters. The number of likely N-dealkylation sites (tertiary alicyclic amines) is 1. The Kier molecular flexibility index (Phi) is 12.4. The van der Waals surface area contributed by atoms with E-state index < -0.39 is 8.32 Å². The largest absolute Gasteiger partial charge is 0.506 e. The molecule has 2 heterocycles. The maximum Gasteiger partial charge on any atom is 0.411 e. The zero-order valence-electron chi connectivity index (χ0n) is 34.0. The summed E-state index contributed by atoms with van der Waals surface area (Å²) in [5, 5.41) is 19.8. The van der Waals surface area contributed by atoms with Crippen molar-refractivity contribution < 1.29 is 28.6 Å². The maximum atomic E-state index is 12.9. The van der Waals surface area contributed by atoms with Gasteiger partial charge in [-0.1, -0.05) is 93.6 Å². The Bertz CT molecular complexity index is 2000. The van der Waals surface area contributed by atoms with Gasteiger partial charge in [-0.05, 0) is 97.1 Å². The monoisotopic (exact) mass is 790 g/mol. The number of anilines is 2. The molecule has 7 rings (SSSR count). The minimum atomic E-state index is -2.18. The lowest BCUT2D eigenvalue weighted by molar-refractivity contribution is -0.118. The van der Waals surface area contributed by atoms with Crippen LogP contribution in [0.2, 0.25) is 18.1 Å². The number of nitrogens with zero attached hydrogens (tertiary/aromatic N) is 1. The molecule has 2 amide bonds. The number of carbonyl (C=O) groups is 2. The number of amides is 2. The number of phenolic OH excluding ortho intramolecular Hbond substituents is 1. The SMILES string of the molecule is CC(C)(C)[Si](C)(C)O[C@@H](CNCCc1ccc(CCN2C[C@H]3C[C@H](OC(=O)Nc4ccccc4-c4ccccc4)C[C@H]3C2)cc1)c1ccc(O)c2c1OCC(=O)N2. The van der Waals surface area contributed by atoms with E-state index in [0.717, 1.165) is 74.2 Å². The molecular weight excluding hydrogens is 733 g/mol. The van der Waals surface area contributed by atoms with Gasteiger partial charge in [0.05, 0.1) is 11.8 Å². The summed E-state index contributed by atoms with van der Waals surface area (Å²) in [6, 6.07) is 30.3. The van der Waals surface area contributed by atoms with Crippen LogP contribution in [0.3, 0.4) is 0 Å². The highest BCUT2D eigenvalue weighted by atomic mass is 28.4. The van der Waals surface area contributed by atoms with Crippen LogP contribution in [0.1, 0.15) is 56.4 Å². The first-order valence-corrected chi connectivity index (χ1v) is 23.3. The molecule has 1 saturated carbocycles. The van der Waals surface area contributed by atoms with Crippen molar-refractivity contribution in [1.29, 1.82) is 0 Å². The summed E-state index contributed by atoms with van der Waals surface area (Å²) in [6.07, 6.45) is 3.00. The fraction of sp³-hybridized carbons (Fsp3) is 0.435. The quantitative estimate of drug-likeness (QED) is 0.0569. The van der Waals surface area contributed by atoms with E-state index in [9.17, 15) is 14.7 Å². The van der Waals surface area contributed by atoms with Crippen molar-refractivity contribution in [3.8, 4) is 22.6 Å². The van der Waals surface area contributed by atoms with Gasteiger partial charge >= 0.3 is 6.09 Å². The van der Waals surface area contributed by atoms with Gasteiger partial charge in [0, 0.05) is 37.3 Å². The number of carbonyl (C=O) groups excluding carboxylic acids is 2. The van der Waals surface area contributed by atoms with Gasteiger partial charge in [-0.3, -0.25) is 10.1 Å². The number of hydrogen-bond donors (Lipinski definition) is 4. The molecule has 0 aromatic heterocycles. The molecular formula is C46H58N4O6Si. The lowest BCUT2D eigenvalue weighted by atomic mass is 10.0. The van der Waals surface area contributed by atoms with Gasteiger partial charge < -0.3 is 34.5 Å². The van der Waals surface area contributed by atoms with E-state index in [1.807, 2.05) is 60.7 Å². The van der Waals surface area contributed by atoms with Crippen LogP contribution in [0.25, 0.3) is 11.1 Å². The zero-order chi connectivity index (χ0) is 40.2. The third-order valence-electron chi connectivity index (χ3n) is 12.3. The van der Waals surface area contributed by atoms with Gasteiger partial charge in [-0.25, -0.2) is 4.79 Å². The first-order chi connectivity index (χ1) is 27.3. The Morgan fingerprint density at radius 2 is 1.60 bits per heavy atom. The molecule has 2 fully saturated rings. The maximum absolute atomic E-state index is 12.9. The number of nitrogens with one attached hydrogen (secondary N) is 3. The highest BCUT2D eigenvalue weighted by Crippen LogP contribution is 2.46. The van der Waals surface area contributed by atoms with Crippen molar-refractivity contribution in [3.05, 3.63) is 108 Å². The molecule has 4 aromatic rings. The van der Waals surface area contributed by atoms with E-state index in [1.165, 1.54) is 11.1 Å². The fourth-order valence-electron chi connectivity index (χ4n) is 8.18. The summed E-state index contributed by atoms with van der Waals surface area (Å²) < 4.78 is 18.7. The lowest BCUT2D eigenvalue weighted by Crippen LogP contribution is -2.44. The standard InChI is InChI=1S/C46H58N4O6Si/c1-46(2,3)57(4,5)56-41(38-19-20-40(51)43-44(38)54-30-42(52)49-43)27-47-23-21-31-15-17-32(18-16-31)22-24-50-28-34-25-36(26-35(34)29-50)55-45(53)48-39-14-10-9-13-37(39)33-11-7-6-8-12-33/h6-20,34-36,41,47,51H,21-30H2,1-5H3,(H,48,53)(H,49,52)/t34-,35+,36+,41-/m0/s1. The van der Waals surface area contributed by atoms with Crippen molar-refractivity contribution in [2.24, 2.45) is 11.8 Å². The van der Waals surface area contributed by atoms with Crippen LogP contribution in [-0.4, -0.2) is 75.8 Å². The number of phenols is 1. The Balaban J connectivity index is 0.849. The number of hydrogen-bond acceptors (Lipinski definition) is 8. The Labute approximate surface area is 338 Å². The zero-order valence-corrected chi connectivity index (χ0v) is 35.0. The second-order valence-electron chi connectivity index (χ2n) is 17.4. The number of fused-ring (bicyclic) bond motifs is 2. The highest BCUT2D eigenvalue weighted by Gasteiger charge is 2.43. The van der Waals surface area contributed by atoms with Crippen molar-refractivity contribution in [3.63, 3.8) is 0 Å². The predicted octanol–water partition coefficient (Wildman–Crippen LogP) is 8.79. The summed E-state index contributed by atoms with van der Waals surface area (Å²) in [6.45, 7) is 15.5. The topological polar surface area (TPSA) is 121 Å². The van der Waals surface area contributed by atoms with Gasteiger partial charge in [0.1, 0.15) is 17.5 Å². The number of aromatic hydroxyl groups is 1.